The maximum Gasteiger partial charge on any atom is 0.296 e. The average Bonchev–Trinajstić information content (AvgIpc) is 2.55. The number of ether oxygens (including phenoxy) is 1. The van der Waals surface area contributed by atoms with E-state index in [2.05, 4.69) is 4.98 Å². The minimum atomic E-state index is -0.00911. The molecule has 86 valence electrons. The van der Waals surface area contributed by atoms with Crippen LogP contribution in [0.5, 0.6) is 6.01 Å². The Balaban J connectivity index is 2.81. The molecule has 0 aromatic carbocycles. The molecule has 0 bridgehead atoms. The number of aromatic nitrogens is 2. The summed E-state index contributed by atoms with van der Waals surface area (Å²) in [7, 11) is 1.59. The second-order valence-electron chi connectivity index (χ2n) is 3.44. The Labute approximate surface area is 89.9 Å². The maximum atomic E-state index is 9.22. The number of hydrogen-bond donors (Lipinski definition) is 2. The molecule has 15 heavy (non-hydrogen) atoms. The number of unbranched alkanes of at least 4 members (excludes halogenated alkanes) is 1. The van der Waals surface area contributed by atoms with Crippen molar-refractivity contribution in [3.05, 3.63) is 11.4 Å². The van der Waals surface area contributed by atoms with Gasteiger partial charge in [0.2, 0.25) is 0 Å². The van der Waals surface area contributed by atoms with Crippen molar-refractivity contribution in [2.24, 2.45) is 5.73 Å². The van der Waals surface area contributed by atoms with Gasteiger partial charge in [-0.25, -0.2) is 4.98 Å². The first-order chi connectivity index (χ1) is 7.24. The molecule has 5 nitrogen and oxygen atoms in total. The molecule has 0 fully saturated rings. The van der Waals surface area contributed by atoms with Gasteiger partial charge in [-0.05, 0) is 26.3 Å². The lowest BCUT2D eigenvalue weighted by Gasteiger charge is -2.09. The van der Waals surface area contributed by atoms with E-state index in [1.807, 2.05) is 11.5 Å². The van der Waals surface area contributed by atoms with E-state index < -0.39 is 0 Å². The van der Waals surface area contributed by atoms with Gasteiger partial charge in [-0.1, -0.05) is 0 Å². The van der Waals surface area contributed by atoms with Crippen LogP contribution < -0.4 is 10.5 Å². The smallest absolute Gasteiger partial charge is 0.296 e. The molecule has 1 rings (SSSR count). The van der Waals surface area contributed by atoms with Crippen molar-refractivity contribution in [2.45, 2.75) is 32.9 Å². The van der Waals surface area contributed by atoms with Crippen LogP contribution in [0.2, 0.25) is 0 Å². The molecule has 0 saturated heterocycles. The quantitative estimate of drug-likeness (QED) is 0.672. The summed E-state index contributed by atoms with van der Waals surface area (Å²) in [6.45, 7) is 3.33. The molecule has 3 N–H and O–H groups in total. The van der Waals surface area contributed by atoms with Crippen LogP contribution in [-0.4, -0.2) is 28.3 Å². The van der Waals surface area contributed by atoms with Crippen LogP contribution in [0, 0.1) is 6.92 Å². The lowest BCUT2D eigenvalue weighted by molar-refractivity contribution is 0.264. The summed E-state index contributed by atoms with van der Waals surface area (Å²) in [5.74, 6) is 0. The number of aryl methyl sites for hydroxylation is 1. The second-order valence-corrected chi connectivity index (χ2v) is 3.44. The van der Waals surface area contributed by atoms with Gasteiger partial charge in [0, 0.05) is 6.54 Å². The number of imidazole rings is 1. The van der Waals surface area contributed by atoms with Crippen LogP contribution in [0.4, 0.5) is 0 Å². The van der Waals surface area contributed by atoms with Crippen molar-refractivity contribution in [2.75, 3.05) is 13.7 Å². The van der Waals surface area contributed by atoms with Gasteiger partial charge in [-0.3, -0.25) is 4.57 Å². The van der Waals surface area contributed by atoms with E-state index in [0.29, 0.717) is 12.6 Å². The highest BCUT2D eigenvalue weighted by Crippen LogP contribution is 2.18. The van der Waals surface area contributed by atoms with Crippen molar-refractivity contribution in [1.29, 1.82) is 0 Å². The first-order valence-electron chi connectivity index (χ1n) is 5.15. The van der Waals surface area contributed by atoms with Crippen molar-refractivity contribution in [1.82, 2.24) is 9.55 Å². The molecule has 1 aromatic heterocycles. The first-order valence-corrected chi connectivity index (χ1v) is 5.15. The number of nitrogens with zero attached hydrogens (tertiary/aromatic N) is 2. The topological polar surface area (TPSA) is 73.3 Å². The monoisotopic (exact) mass is 213 g/mol. The normalized spacial score (nSPS) is 10.7. The van der Waals surface area contributed by atoms with E-state index in [-0.39, 0.29) is 6.61 Å². The summed E-state index contributed by atoms with van der Waals surface area (Å²) < 4.78 is 7.06. The van der Waals surface area contributed by atoms with Crippen molar-refractivity contribution >= 4 is 0 Å². The fourth-order valence-electron chi connectivity index (χ4n) is 1.58. The zero-order chi connectivity index (χ0) is 11.3. The molecule has 0 aliphatic rings. The fraction of sp³-hybridized carbons (Fsp3) is 0.700. The predicted molar refractivity (Wildman–Crippen MR) is 57.7 cm³/mol. The zero-order valence-corrected chi connectivity index (χ0v) is 9.36. The van der Waals surface area contributed by atoms with Gasteiger partial charge < -0.3 is 15.6 Å². The van der Waals surface area contributed by atoms with Gasteiger partial charge in [0.15, 0.2) is 0 Å². The molecule has 0 aliphatic carbocycles. The Morgan fingerprint density at radius 1 is 1.47 bits per heavy atom. The largest absolute Gasteiger partial charge is 0.468 e. The van der Waals surface area contributed by atoms with Crippen LogP contribution in [0.15, 0.2) is 0 Å². The van der Waals surface area contributed by atoms with Gasteiger partial charge in [0.05, 0.1) is 25.1 Å². The highest BCUT2D eigenvalue weighted by molar-refractivity contribution is 5.18. The Hall–Kier alpha value is -1.07. The van der Waals surface area contributed by atoms with Crippen molar-refractivity contribution in [3.8, 4) is 6.01 Å². The fourth-order valence-corrected chi connectivity index (χ4v) is 1.58. The zero-order valence-electron chi connectivity index (χ0n) is 9.36. The average molecular weight is 213 g/mol. The van der Waals surface area contributed by atoms with Gasteiger partial charge in [-0.2, -0.15) is 0 Å². The van der Waals surface area contributed by atoms with E-state index in [1.165, 1.54) is 0 Å². The minimum absolute atomic E-state index is 0.00911. The summed E-state index contributed by atoms with van der Waals surface area (Å²) in [6, 6.07) is 0.563. The number of nitrogens with two attached hydrogens (primary N) is 1. The third kappa shape index (κ3) is 2.70. The van der Waals surface area contributed by atoms with Crippen molar-refractivity contribution < 1.29 is 9.84 Å². The summed E-state index contributed by atoms with van der Waals surface area (Å²) in [5.41, 5.74) is 7.08. The lowest BCUT2D eigenvalue weighted by atomic mass is 10.3. The Bertz CT molecular complexity index is 310. The molecule has 0 unspecified atom stereocenters. The highest BCUT2D eigenvalue weighted by Gasteiger charge is 2.13. The molecule has 1 heterocycles. The number of methoxy groups -OCH3 is 1. The molecular weight excluding hydrogens is 194 g/mol. The van der Waals surface area contributed by atoms with Crippen LogP contribution in [0.3, 0.4) is 0 Å². The standard InChI is InChI=1S/C10H19N3O2/c1-8-9(7-14)13(6-4-3-5-11)10(12-8)15-2/h14H,3-7,11H2,1-2H3. The van der Waals surface area contributed by atoms with Gasteiger partial charge in [-0.15, -0.1) is 0 Å². The Kier molecular flexibility index (Phi) is 4.58. The molecule has 0 spiro atoms. The van der Waals surface area contributed by atoms with E-state index >= 15 is 0 Å². The molecular formula is C10H19N3O2. The number of hydrogen-bond acceptors (Lipinski definition) is 4. The number of aliphatic hydroxyl groups excluding tert-OH is 1. The van der Waals surface area contributed by atoms with Crippen molar-refractivity contribution in [3.63, 3.8) is 0 Å². The van der Waals surface area contributed by atoms with E-state index in [0.717, 1.165) is 30.8 Å². The summed E-state index contributed by atoms with van der Waals surface area (Å²) in [5, 5.41) is 9.22. The lowest BCUT2D eigenvalue weighted by Crippen LogP contribution is -2.08. The van der Waals surface area contributed by atoms with E-state index in [4.69, 9.17) is 10.5 Å². The third-order valence-electron chi connectivity index (χ3n) is 2.41. The maximum absolute atomic E-state index is 9.22. The summed E-state index contributed by atoms with van der Waals surface area (Å²) in [4.78, 5) is 4.23. The van der Waals surface area contributed by atoms with Gasteiger partial charge in [0.25, 0.3) is 6.01 Å². The number of aliphatic hydroxyl groups is 1. The van der Waals surface area contributed by atoms with Crippen LogP contribution in [-0.2, 0) is 13.2 Å². The van der Waals surface area contributed by atoms with Crippen LogP contribution in [0.25, 0.3) is 0 Å². The first kappa shape index (κ1) is 12.0. The third-order valence-corrected chi connectivity index (χ3v) is 2.41. The predicted octanol–water partition coefficient (Wildman–Crippen LogP) is 0.431. The minimum Gasteiger partial charge on any atom is -0.468 e. The summed E-state index contributed by atoms with van der Waals surface area (Å²) >= 11 is 0. The van der Waals surface area contributed by atoms with E-state index in [1.54, 1.807) is 7.11 Å². The van der Waals surface area contributed by atoms with Crippen LogP contribution >= 0.6 is 0 Å². The molecule has 1 aromatic rings. The Morgan fingerprint density at radius 3 is 2.73 bits per heavy atom. The summed E-state index contributed by atoms with van der Waals surface area (Å²) in [6.07, 6.45) is 1.93. The second kappa shape index (κ2) is 5.72. The highest BCUT2D eigenvalue weighted by atomic mass is 16.5. The number of rotatable bonds is 6. The molecule has 0 amide bonds. The van der Waals surface area contributed by atoms with Gasteiger partial charge >= 0.3 is 0 Å². The van der Waals surface area contributed by atoms with Gasteiger partial charge in [0.1, 0.15) is 0 Å². The van der Waals surface area contributed by atoms with E-state index in [9.17, 15) is 5.11 Å². The van der Waals surface area contributed by atoms with Crippen LogP contribution in [0.1, 0.15) is 24.2 Å². The Morgan fingerprint density at radius 2 is 2.20 bits per heavy atom. The SMILES string of the molecule is COc1nc(C)c(CO)n1CCCCN. The molecule has 5 heteroatoms. The molecule has 0 atom stereocenters. The molecule has 0 saturated carbocycles. The molecule has 0 aliphatic heterocycles. The molecule has 0 radical (unpaired) electrons.